The largest absolute Gasteiger partial charge is 0.375 e. The van der Waals surface area contributed by atoms with E-state index in [4.69, 9.17) is 0 Å². The average molecular weight is 125 g/mol. The van der Waals surface area contributed by atoms with Gasteiger partial charge in [-0.1, -0.05) is 0 Å². The first-order valence-corrected chi connectivity index (χ1v) is 2.73. The van der Waals surface area contributed by atoms with Gasteiger partial charge in [0.2, 0.25) is 0 Å². The number of hydrogen-bond donors (Lipinski definition) is 0. The van der Waals surface area contributed by atoms with Crippen LogP contribution in [0.3, 0.4) is 0 Å². The van der Waals surface area contributed by atoms with Crippen molar-refractivity contribution in [3.63, 3.8) is 0 Å². The van der Waals surface area contributed by atoms with E-state index in [2.05, 4.69) is 6.58 Å². The molecule has 0 aromatic carbocycles. The molecule has 1 saturated heterocycles. The molecule has 0 N–H and O–H groups in total. The average Bonchev–Trinajstić information content (AvgIpc) is 2.12. The first-order chi connectivity index (χ1) is 4.25. The van der Waals surface area contributed by atoms with Crippen LogP contribution in [0.2, 0.25) is 0 Å². The van der Waals surface area contributed by atoms with Gasteiger partial charge in [-0.15, -0.1) is 0 Å². The van der Waals surface area contributed by atoms with Crippen LogP contribution in [0.15, 0.2) is 12.8 Å². The van der Waals surface area contributed by atoms with Crippen molar-refractivity contribution in [3.05, 3.63) is 12.8 Å². The summed E-state index contributed by atoms with van der Waals surface area (Å²) >= 11 is 0. The van der Waals surface area contributed by atoms with Crippen LogP contribution < -0.4 is 4.90 Å². The number of carbonyl (C=O) groups is 2. The summed E-state index contributed by atoms with van der Waals surface area (Å²) in [5.74, 6) is -0.287. The van der Waals surface area contributed by atoms with Gasteiger partial charge in [-0.3, -0.25) is 0 Å². The molecule has 1 aliphatic rings. The van der Waals surface area contributed by atoms with Crippen LogP contribution >= 0.6 is 0 Å². The van der Waals surface area contributed by atoms with E-state index in [-0.39, 0.29) is 11.8 Å². The Labute approximate surface area is 53.0 Å². The van der Waals surface area contributed by atoms with Crippen LogP contribution in [0.25, 0.3) is 0 Å². The molecule has 1 fully saturated rings. The van der Waals surface area contributed by atoms with Gasteiger partial charge in [0.25, 0.3) is 0 Å². The molecule has 0 bridgehead atoms. The second-order valence-corrected chi connectivity index (χ2v) is 1.84. The Morgan fingerprint density at radius 1 is 1.33 bits per heavy atom. The van der Waals surface area contributed by atoms with Crippen molar-refractivity contribution in [2.45, 2.75) is 12.8 Å². The van der Waals surface area contributed by atoms with Crippen LogP contribution in [-0.2, 0) is 9.59 Å². The fourth-order valence-corrected chi connectivity index (χ4v) is 0.797. The molecule has 0 aliphatic carbocycles. The third-order valence-corrected chi connectivity index (χ3v) is 1.27. The molecular weight excluding hydrogens is 118 g/mol. The third-order valence-electron chi connectivity index (χ3n) is 1.27. The highest BCUT2D eigenvalue weighted by molar-refractivity contribution is 6.06. The van der Waals surface area contributed by atoms with Gasteiger partial charge >= 0.3 is 11.8 Å². The van der Waals surface area contributed by atoms with Crippen LogP contribution in [-0.4, -0.2) is 11.8 Å². The maximum absolute atomic E-state index is 10.6. The highest BCUT2D eigenvalue weighted by atomic mass is 16.2. The molecule has 0 saturated carbocycles. The van der Waals surface area contributed by atoms with Crippen molar-refractivity contribution in [1.82, 2.24) is 4.90 Å². The van der Waals surface area contributed by atoms with Crippen LogP contribution in [0.4, 0.5) is 0 Å². The minimum Gasteiger partial charge on any atom is -0.224 e. The molecule has 3 nitrogen and oxygen atoms in total. The standard InChI is InChI=1S/C6H7NO2/c1-2-7-5(8)3-4-6(7)9/h2H,1,3-4H2/q+1. The monoisotopic (exact) mass is 125 g/mol. The Bertz CT molecular complexity index is 158. The predicted octanol–water partition coefficient (Wildman–Crippen LogP) is 0.117. The van der Waals surface area contributed by atoms with E-state index in [1.165, 1.54) is 6.20 Å². The highest BCUT2D eigenvalue weighted by Gasteiger charge is 2.39. The molecule has 1 aliphatic heterocycles. The molecule has 0 aromatic rings. The van der Waals surface area contributed by atoms with Gasteiger partial charge in [-0.25, -0.2) is 9.59 Å². The second kappa shape index (κ2) is 2.11. The molecule has 9 heavy (non-hydrogen) atoms. The topological polar surface area (TPSA) is 40.0 Å². The smallest absolute Gasteiger partial charge is 0.224 e. The summed E-state index contributed by atoms with van der Waals surface area (Å²) < 4.78 is 0. The number of amides is 2. The maximum atomic E-state index is 10.6. The van der Waals surface area contributed by atoms with Gasteiger partial charge in [0.05, 0.1) is 12.8 Å². The van der Waals surface area contributed by atoms with E-state index in [0.717, 1.165) is 4.90 Å². The minimum absolute atomic E-state index is 0.144. The maximum Gasteiger partial charge on any atom is 0.375 e. The lowest BCUT2D eigenvalue weighted by atomic mass is 10.4. The Morgan fingerprint density at radius 2 is 1.78 bits per heavy atom. The van der Waals surface area contributed by atoms with E-state index >= 15 is 0 Å². The number of nitrogens with zero attached hydrogens (tertiary/aromatic N) is 1. The molecule has 1 rings (SSSR count). The number of imide groups is 1. The zero-order chi connectivity index (χ0) is 6.85. The molecule has 3 heteroatoms. The molecule has 1 radical (unpaired) electrons. The van der Waals surface area contributed by atoms with E-state index in [9.17, 15) is 9.59 Å². The van der Waals surface area contributed by atoms with E-state index < -0.39 is 0 Å². The predicted molar refractivity (Wildman–Crippen MR) is 31.6 cm³/mol. The molecule has 0 aromatic heterocycles. The Hall–Kier alpha value is -0.960. The zero-order valence-electron chi connectivity index (χ0n) is 4.96. The minimum atomic E-state index is -0.144. The Kier molecular flexibility index (Phi) is 1.44. The molecular formula is C6H7NO2+. The van der Waals surface area contributed by atoms with Crippen molar-refractivity contribution >= 4 is 11.8 Å². The van der Waals surface area contributed by atoms with Crippen molar-refractivity contribution < 1.29 is 9.59 Å². The third kappa shape index (κ3) is 0.907. The fraction of sp³-hybridized carbons (Fsp3) is 0.333. The second-order valence-electron chi connectivity index (χ2n) is 1.84. The molecule has 0 spiro atoms. The lowest BCUT2D eigenvalue weighted by molar-refractivity contribution is -0.129. The van der Waals surface area contributed by atoms with Crippen LogP contribution in [0.5, 0.6) is 0 Å². The van der Waals surface area contributed by atoms with Gasteiger partial charge in [-0.05, 0) is 11.5 Å². The number of likely N-dealkylation sites (tertiary alicyclic amines) is 1. The van der Waals surface area contributed by atoms with Crippen molar-refractivity contribution in [2.75, 3.05) is 0 Å². The number of rotatable bonds is 1. The molecule has 47 valence electrons. The fourth-order valence-electron chi connectivity index (χ4n) is 0.797. The van der Waals surface area contributed by atoms with Crippen molar-refractivity contribution in [2.24, 2.45) is 0 Å². The molecule has 0 unspecified atom stereocenters. The summed E-state index contributed by atoms with van der Waals surface area (Å²) in [5.41, 5.74) is 0. The van der Waals surface area contributed by atoms with E-state index in [0.29, 0.717) is 12.8 Å². The van der Waals surface area contributed by atoms with Crippen molar-refractivity contribution in [3.8, 4) is 0 Å². The van der Waals surface area contributed by atoms with Gasteiger partial charge in [0.1, 0.15) is 0 Å². The van der Waals surface area contributed by atoms with Crippen LogP contribution in [0, 0.1) is 0 Å². The first-order valence-electron chi connectivity index (χ1n) is 2.73. The Morgan fingerprint density at radius 3 is 2.00 bits per heavy atom. The van der Waals surface area contributed by atoms with Gasteiger partial charge in [-0.2, -0.15) is 0 Å². The Balaban J connectivity index is 2.77. The summed E-state index contributed by atoms with van der Waals surface area (Å²) in [6.07, 6.45) is 1.94. The molecule has 2 amide bonds. The lowest BCUT2D eigenvalue weighted by Gasteiger charge is -1.85. The highest BCUT2D eigenvalue weighted by Crippen LogP contribution is 2.07. The summed E-state index contributed by atoms with van der Waals surface area (Å²) in [6.45, 7) is 3.33. The van der Waals surface area contributed by atoms with E-state index in [1.54, 1.807) is 0 Å². The quantitative estimate of drug-likeness (QED) is 0.369. The lowest BCUT2D eigenvalue weighted by Crippen LogP contribution is -2.28. The molecule has 1 heterocycles. The zero-order valence-corrected chi connectivity index (χ0v) is 4.96. The van der Waals surface area contributed by atoms with Crippen LogP contribution in [0.1, 0.15) is 12.8 Å². The molecule has 0 atom stereocenters. The van der Waals surface area contributed by atoms with Gasteiger partial charge < -0.3 is 0 Å². The summed E-state index contributed by atoms with van der Waals surface area (Å²) in [6, 6.07) is 0. The SMILES string of the molecule is C=C[N+]1C(=O)CCC1=O. The van der Waals surface area contributed by atoms with E-state index in [1.807, 2.05) is 0 Å². The summed E-state index contributed by atoms with van der Waals surface area (Å²) in [5, 5.41) is 0. The van der Waals surface area contributed by atoms with Gasteiger partial charge in [0, 0.05) is 0 Å². The normalized spacial score (nSPS) is 20.9. The number of carbonyl (C=O) groups excluding carboxylic acids is 2. The summed E-state index contributed by atoms with van der Waals surface area (Å²) in [4.78, 5) is 22.4. The first kappa shape index (κ1) is 6.16. The van der Waals surface area contributed by atoms with Crippen molar-refractivity contribution in [1.29, 1.82) is 0 Å². The number of hydrogen-bond acceptors (Lipinski definition) is 2. The summed E-state index contributed by atoms with van der Waals surface area (Å²) in [7, 11) is 0. The van der Waals surface area contributed by atoms with Gasteiger partial charge in [0.15, 0.2) is 6.20 Å².